The fraction of sp³-hybridized carbons (Fsp3) is 0.158. The van der Waals surface area contributed by atoms with Crippen LogP contribution in [0, 0.1) is 0 Å². The number of amides is 1. The fourth-order valence-corrected chi connectivity index (χ4v) is 2.94. The van der Waals surface area contributed by atoms with E-state index >= 15 is 0 Å². The van der Waals surface area contributed by atoms with Gasteiger partial charge in [-0.2, -0.15) is 9.36 Å². The lowest BCUT2D eigenvalue weighted by atomic mass is 10.1. The van der Waals surface area contributed by atoms with Gasteiger partial charge < -0.3 is 19.6 Å². The highest BCUT2D eigenvalue weighted by Crippen LogP contribution is 2.30. The van der Waals surface area contributed by atoms with Crippen molar-refractivity contribution >= 4 is 23.2 Å². The number of ether oxygens (including phenoxy) is 2. The van der Waals surface area contributed by atoms with Crippen LogP contribution in [0.5, 0.6) is 16.7 Å². The quantitative estimate of drug-likeness (QED) is 0.447. The van der Waals surface area contributed by atoms with Crippen LogP contribution in [0.4, 0.5) is 4.39 Å². The molecule has 0 spiro atoms. The van der Waals surface area contributed by atoms with Gasteiger partial charge in [0, 0.05) is 24.1 Å². The van der Waals surface area contributed by atoms with Gasteiger partial charge in [-0.3, -0.25) is 4.79 Å². The van der Waals surface area contributed by atoms with Crippen molar-refractivity contribution in [3.05, 3.63) is 54.1 Å². The molecule has 0 atom stereocenters. The molecule has 0 saturated carbocycles. The Labute approximate surface area is 170 Å². The minimum atomic E-state index is -1.16. The number of halogens is 1. The monoisotopic (exact) mass is 416 g/mol. The molecule has 29 heavy (non-hydrogen) atoms. The minimum absolute atomic E-state index is 0.124. The second kappa shape index (κ2) is 9.60. The number of oxime groups is 1. The summed E-state index contributed by atoms with van der Waals surface area (Å²) in [5, 5.41) is 6.26. The topological polar surface area (TPSA) is 94.9 Å². The number of aromatic nitrogens is 2. The van der Waals surface area contributed by atoms with E-state index in [0.717, 1.165) is 22.8 Å². The van der Waals surface area contributed by atoms with Crippen molar-refractivity contribution < 1.29 is 23.5 Å². The second-order valence-corrected chi connectivity index (χ2v) is 6.18. The van der Waals surface area contributed by atoms with Crippen LogP contribution in [0.15, 0.2) is 53.7 Å². The summed E-state index contributed by atoms with van der Waals surface area (Å²) in [6.07, 6.45) is 0. The summed E-state index contributed by atoms with van der Waals surface area (Å²) in [5.41, 5.74) is 0.997. The fourth-order valence-electron chi connectivity index (χ4n) is 2.37. The summed E-state index contributed by atoms with van der Waals surface area (Å²) < 4.78 is 27.6. The van der Waals surface area contributed by atoms with Crippen molar-refractivity contribution in [2.45, 2.75) is 0 Å². The van der Waals surface area contributed by atoms with Crippen molar-refractivity contribution in [1.82, 2.24) is 14.7 Å². The van der Waals surface area contributed by atoms with Gasteiger partial charge in [-0.05, 0) is 36.4 Å². The zero-order valence-corrected chi connectivity index (χ0v) is 16.4. The Morgan fingerprint density at radius 2 is 1.97 bits per heavy atom. The predicted octanol–water partition coefficient (Wildman–Crippen LogP) is 3.40. The van der Waals surface area contributed by atoms with Crippen LogP contribution in [-0.4, -0.2) is 42.0 Å². The maximum atomic E-state index is 12.4. The highest BCUT2D eigenvalue weighted by Gasteiger charge is 2.20. The highest BCUT2D eigenvalue weighted by molar-refractivity contribution is 7.07. The molecule has 1 aromatic heterocycles. The van der Waals surface area contributed by atoms with Crippen molar-refractivity contribution in [1.29, 1.82) is 0 Å². The average Bonchev–Trinajstić information content (AvgIpc) is 3.23. The molecule has 0 aliphatic heterocycles. The number of carbonyl (C=O) groups is 1. The van der Waals surface area contributed by atoms with E-state index in [1.165, 1.54) is 7.05 Å². The Hall–Kier alpha value is -3.53. The molecule has 8 nitrogen and oxygen atoms in total. The molecule has 0 unspecified atom stereocenters. The van der Waals surface area contributed by atoms with Crippen molar-refractivity contribution in [2.24, 2.45) is 5.16 Å². The van der Waals surface area contributed by atoms with E-state index in [1.807, 2.05) is 24.3 Å². The molecular formula is C19H17FN4O4S. The SMILES string of the molecule is CNC(=O)/C(=N/OCF)c1ccccc1Oc1nc(-c2ccc(OC)cc2)ns1. The van der Waals surface area contributed by atoms with E-state index in [2.05, 4.69) is 24.7 Å². The number of hydrogen-bond acceptors (Lipinski definition) is 8. The largest absolute Gasteiger partial charge is 0.497 e. The summed E-state index contributed by atoms with van der Waals surface area (Å²) in [6, 6.07) is 14.0. The van der Waals surface area contributed by atoms with E-state index in [0.29, 0.717) is 17.1 Å². The van der Waals surface area contributed by atoms with Gasteiger partial charge in [0.25, 0.3) is 18.0 Å². The van der Waals surface area contributed by atoms with Crippen LogP contribution in [0.3, 0.4) is 0 Å². The standard InChI is InChI=1S/C19H17FN4O4S/c1-21-18(25)16(23-27-11-20)14-5-3-4-6-15(14)28-19-22-17(24-29-19)12-7-9-13(26-2)10-8-12/h3-10H,11H2,1-2H3,(H,21,25)/b23-16+. The van der Waals surface area contributed by atoms with Gasteiger partial charge in [0.2, 0.25) is 0 Å². The third-order valence-electron chi connectivity index (χ3n) is 3.74. The number of rotatable bonds is 8. The van der Waals surface area contributed by atoms with Gasteiger partial charge >= 0.3 is 0 Å². The van der Waals surface area contributed by atoms with Crippen LogP contribution < -0.4 is 14.8 Å². The third kappa shape index (κ3) is 4.85. The number of para-hydroxylation sites is 1. The van der Waals surface area contributed by atoms with E-state index in [-0.39, 0.29) is 10.9 Å². The molecule has 1 heterocycles. The first-order chi connectivity index (χ1) is 14.2. The zero-order valence-electron chi connectivity index (χ0n) is 15.6. The molecule has 0 aliphatic rings. The average molecular weight is 416 g/mol. The molecule has 0 fully saturated rings. The molecule has 0 saturated heterocycles. The molecule has 150 valence electrons. The third-order valence-corrected chi connectivity index (χ3v) is 4.34. The van der Waals surface area contributed by atoms with E-state index in [4.69, 9.17) is 9.47 Å². The van der Waals surface area contributed by atoms with Crippen LogP contribution >= 0.6 is 11.5 Å². The molecule has 0 radical (unpaired) electrons. The van der Waals surface area contributed by atoms with E-state index in [1.54, 1.807) is 31.4 Å². The van der Waals surface area contributed by atoms with Gasteiger partial charge in [-0.25, -0.2) is 4.39 Å². The highest BCUT2D eigenvalue weighted by atomic mass is 32.1. The molecule has 1 N–H and O–H groups in total. The number of carbonyl (C=O) groups excluding carboxylic acids is 1. The number of alkyl halides is 1. The Bertz CT molecular complexity index is 1010. The first-order valence-electron chi connectivity index (χ1n) is 8.39. The number of nitrogens with zero attached hydrogens (tertiary/aromatic N) is 3. The first-order valence-corrected chi connectivity index (χ1v) is 9.17. The number of methoxy groups -OCH3 is 1. The summed E-state index contributed by atoms with van der Waals surface area (Å²) >= 11 is 1.06. The number of likely N-dealkylation sites (N-methyl/N-ethyl adjacent to an activating group) is 1. The van der Waals surface area contributed by atoms with Gasteiger partial charge in [-0.1, -0.05) is 17.3 Å². The molecule has 1 amide bonds. The summed E-state index contributed by atoms with van der Waals surface area (Å²) in [4.78, 5) is 20.9. The lowest BCUT2D eigenvalue weighted by molar-refractivity contribution is -0.114. The number of benzene rings is 2. The van der Waals surface area contributed by atoms with Crippen molar-refractivity contribution in [3.8, 4) is 28.1 Å². The lowest BCUT2D eigenvalue weighted by Gasteiger charge is -2.10. The minimum Gasteiger partial charge on any atom is -0.497 e. The zero-order chi connectivity index (χ0) is 20.6. The van der Waals surface area contributed by atoms with Crippen LogP contribution in [0.1, 0.15) is 5.56 Å². The number of nitrogens with one attached hydrogen (secondary N) is 1. The Morgan fingerprint density at radius 1 is 1.21 bits per heavy atom. The first kappa shape index (κ1) is 20.2. The van der Waals surface area contributed by atoms with Crippen LogP contribution in [0.25, 0.3) is 11.4 Å². The van der Waals surface area contributed by atoms with E-state index in [9.17, 15) is 9.18 Å². The van der Waals surface area contributed by atoms with Crippen molar-refractivity contribution in [2.75, 3.05) is 21.0 Å². The van der Waals surface area contributed by atoms with Crippen molar-refractivity contribution in [3.63, 3.8) is 0 Å². The molecule has 0 aliphatic carbocycles. The maximum Gasteiger partial charge on any atom is 0.299 e. The molecule has 10 heteroatoms. The smallest absolute Gasteiger partial charge is 0.299 e. The van der Waals surface area contributed by atoms with Gasteiger partial charge in [0.05, 0.1) is 12.7 Å². The maximum absolute atomic E-state index is 12.4. The Morgan fingerprint density at radius 3 is 2.66 bits per heavy atom. The van der Waals surface area contributed by atoms with Gasteiger partial charge in [0.1, 0.15) is 11.5 Å². The summed E-state index contributed by atoms with van der Waals surface area (Å²) in [7, 11) is 3.02. The van der Waals surface area contributed by atoms with Gasteiger partial charge in [-0.15, -0.1) is 0 Å². The van der Waals surface area contributed by atoms with Crippen LogP contribution in [0.2, 0.25) is 0 Å². The predicted molar refractivity (Wildman–Crippen MR) is 106 cm³/mol. The molecule has 3 rings (SSSR count). The van der Waals surface area contributed by atoms with Crippen LogP contribution in [-0.2, 0) is 9.63 Å². The normalized spacial score (nSPS) is 11.1. The molecule has 0 bridgehead atoms. The number of hydrogen-bond donors (Lipinski definition) is 1. The second-order valence-electron chi connectivity index (χ2n) is 5.47. The van der Waals surface area contributed by atoms with Gasteiger partial charge in [0.15, 0.2) is 11.5 Å². The lowest BCUT2D eigenvalue weighted by Crippen LogP contribution is -2.29. The molecule has 3 aromatic rings. The molecular weight excluding hydrogens is 399 g/mol. The Kier molecular flexibility index (Phi) is 6.69. The Balaban J connectivity index is 1.87. The summed E-state index contributed by atoms with van der Waals surface area (Å²) in [5.74, 6) is 0.970. The van der Waals surface area contributed by atoms with E-state index < -0.39 is 12.8 Å². The molecule has 2 aromatic carbocycles. The summed E-state index contributed by atoms with van der Waals surface area (Å²) in [6.45, 7) is -1.16.